The first-order chi connectivity index (χ1) is 10.1. The van der Waals surface area contributed by atoms with Gasteiger partial charge in [-0.2, -0.15) is 0 Å². The highest BCUT2D eigenvalue weighted by atomic mass is 79.9. The van der Waals surface area contributed by atoms with Crippen molar-refractivity contribution in [3.8, 4) is 5.75 Å². The Morgan fingerprint density at radius 3 is 2.86 bits per heavy atom. The second kappa shape index (κ2) is 9.76. The molecular weight excluding hydrogens is 338 g/mol. The summed E-state index contributed by atoms with van der Waals surface area (Å²) >= 11 is 3.46. The molecule has 1 N–H and O–H groups in total. The van der Waals surface area contributed by atoms with E-state index in [1.165, 1.54) is 0 Å². The highest BCUT2D eigenvalue weighted by Gasteiger charge is 2.19. The number of carbonyl (C=O) groups excluding carboxylic acids is 1. The Bertz CT molecular complexity index is 453. The largest absolute Gasteiger partial charge is 0.478 e. The Kier molecular flexibility index (Phi) is 8.34. The van der Waals surface area contributed by atoms with Gasteiger partial charge in [-0.05, 0) is 35.8 Å². The molecule has 6 heteroatoms. The van der Waals surface area contributed by atoms with E-state index in [1.54, 1.807) is 21.0 Å². The number of methoxy groups -OCH3 is 1. The zero-order valence-electron chi connectivity index (χ0n) is 12.6. The fourth-order valence-electron chi connectivity index (χ4n) is 1.71. The molecule has 0 saturated carbocycles. The zero-order valence-corrected chi connectivity index (χ0v) is 14.2. The monoisotopic (exact) mass is 359 g/mol. The third kappa shape index (κ3) is 6.03. The normalized spacial score (nSPS) is 12.0. The molecule has 1 unspecified atom stereocenters. The standard InChI is InChI=1S/C15H22BrNO4/c1-4-20-15(18)11(2)21-14-12(6-5-7-13(14)16)10-17-8-9-19-3/h5-7,11,17H,4,8-10H2,1-3H3. The Hall–Kier alpha value is -1.11. The minimum atomic E-state index is -0.652. The van der Waals surface area contributed by atoms with Crippen molar-refractivity contribution >= 4 is 21.9 Å². The van der Waals surface area contributed by atoms with Crippen molar-refractivity contribution in [2.45, 2.75) is 26.5 Å². The van der Waals surface area contributed by atoms with Crippen molar-refractivity contribution in [1.29, 1.82) is 0 Å². The molecule has 0 aliphatic rings. The predicted octanol–water partition coefficient (Wildman–Crippen LogP) is 2.52. The third-order valence-electron chi connectivity index (χ3n) is 2.76. The predicted molar refractivity (Wildman–Crippen MR) is 84.4 cm³/mol. The third-order valence-corrected chi connectivity index (χ3v) is 3.38. The molecule has 5 nitrogen and oxygen atoms in total. The van der Waals surface area contributed by atoms with Crippen molar-refractivity contribution < 1.29 is 19.0 Å². The van der Waals surface area contributed by atoms with E-state index in [2.05, 4.69) is 21.2 Å². The van der Waals surface area contributed by atoms with Crippen molar-refractivity contribution in [1.82, 2.24) is 5.32 Å². The fourth-order valence-corrected chi connectivity index (χ4v) is 2.21. The number of hydrogen-bond donors (Lipinski definition) is 1. The van der Waals surface area contributed by atoms with Gasteiger partial charge < -0.3 is 19.5 Å². The summed E-state index contributed by atoms with van der Waals surface area (Å²) in [4.78, 5) is 11.7. The number of ether oxygens (including phenoxy) is 3. The summed E-state index contributed by atoms with van der Waals surface area (Å²) in [6.45, 7) is 5.81. The maximum atomic E-state index is 11.7. The van der Waals surface area contributed by atoms with E-state index in [0.29, 0.717) is 25.5 Å². The van der Waals surface area contributed by atoms with E-state index in [9.17, 15) is 4.79 Å². The van der Waals surface area contributed by atoms with Gasteiger partial charge in [0.1, 0.15) is 5.75 Å². The lowest BCUT2D eigenvalue weighted by Gasteiger charge is -2.18. The molecule has 0 spiro atoms. The number of hydrogen-bond acceptors (Lipinski definition) is 5. The topological polar surface area (TPSA) is 56.8 Å². The molecule has 1 aromatic carbocycles. The van der Waals surface area contributed by atoms with E-state index in [-0.39, 0.29) is 5.97 Å². The van der Waals surface area contributed by atoms with Crippen LogP contribution in [0.15, 0.2) is 22.7 Å². The maximum Gasteiger partial charge on any atom is 0.347 e. The number of carbonyl (C=O) groups is 1. The maximum absolute atomic E-state index is 11.7. The van der Waals surface area contributed by atoms with Gasteiger partial charge in [-0.15, -0.1) is 0 Å². The van der Waals surface area contributed by atoms with E-state index >= 15 is 0 Å². The van der Waals surface area contributed by atoms with Gasteiger partial charge in [-0.1, -0.05) is 12.1 Å². The van der Waals surface area contributed by atoms with E-state index in [1.807, 2.05) is 18.2 Å². The minimum Gasteiger partial charge on any atom is -0.478 e. The lowest BCUT2D eigenvalue weighted by Crippen LogP contribution is -2.27. The lowest BCUT2D eigenvalue weighted by molar-refractivity contribution is -0.150. The molecule has 0 bridgehead atoms. The first-order valence-corrected chi connectivity index (χ1v) is 7.69. The van der Waals surface area contributed by atoms with Crippen LogP contribution in [0.3, 0.4) is 0 Å². The molecule has 0 amide bonds. The van der Waals surface area contributed by atoms with Crippen LogP contribution in [0.4, 0.5) is 0 Å². The summed E-state index contributed by atoms with van der Waals surface area (Å²) in [5.74, 6) is 0.287. The summed E-state index contributed by atoms with van der Waals surface area (Å²) in [7, 11) is 1.66. The molecule has 0 radical (unpaired) electrons. The molecule has 1 rings (SSSR count). The average Bonchev–Trinajstić information content (AvgIpc) is 2.46. The van der Waals surface area contributed by atoms with Gasteiger partial charge in [-0.25, -0.2) is 4.79 Å². The molecular formula is C15H22BrNO4. The second-order valence-electron chi connectivity index (χ2n) is 4.41. The molecule has 0 aliphatic carbocycles. The van der Waals surface area contributed by atoms with Gasteiger partial charge in [0.2, 0.25) is 0 Å². The second-order valence-corrected chi connectivity index (χ2v) is 5.26. The molecule has 0 saturated heterocycles. The van der Waals surface area contributed by atoms with Gasteiger partial charge in [0.05, 0.1) is 17.7 Å². The number of halogens is 1. The van der Waals surface area contributed by atoms with Crippen LogP contribution in [0.25, 0.3) is 0 Å². The van der Waals surface area contributed by atoms with Gasteiger partial charge in [0.25, 0.3) is 0 Å². The Morgan fingerprint density at radius 2 is 2.19 bits per heavy atom. The quantitative estimate of drug-likeness (QED) is 0.542. The highest BCUT2D eigenvalue weighted by molar-refractivity contribution is 9.10. The Morgan fingerprint density at radius 1 is 1.43 bits per heavy atom. The van der Waals surface area contributed by atoms with E-state index in [0.717, 1.165) is 16.6 Å². The van der Waals surface area contributed by atoms with Crippen molar-refractivity contribution in [3.63, 3.8) is 0 Å². The van der Waals surface area contributed by atoms with Crippen LogP contribution in [0.5, 0.6) is 5.75 Å². The van der Waals surface area contributed by atoms with Gasteiger partial charge in [0.15, 0.2) is 6.10 Å². The van der Waals surface area contributed by atoms with Crippen molar-refractivity contribution in [2.75, 3.05) is 26.9 Å². The molecule has 0 aliphatic heterocycles. The minimum absolute atomic E-state index is 0.341. The van der Waals surface area contributed by atoms with Crippen LogP contribution in [0.2, 0.25) is 0 Å². The Balaban J connectivity index is 2.73. The molecule has 0 heterocycles. The average molecular weight is 360 g/mol. The summed E-state index contributed by atoms with van der Waals surface area (Å²) in [5.41, 5.74) is 0.969. The number of esters is 1. The summed E-state index contributed by atoms with van der Waals surface area (Å²) in [6.07, 6.45) is -0.652. The van der Waals surface area contributed by atoms with E-state index in [4.69, 9.17) is 14.2 Å². The van der Waals surface area contributed by atoms with Crippen LogP contribution in [-0.4, -0.2) is 38.9 Å². The highest BCUT2D eigenvalue weighted by Crippen LogP contribution is 2.30. The number of benzene rings is 1. The van der Waals surface area contributed by atoms with E-state index < -0.39 is 6.10 Å². The smallest absolute Gasteiger partial charge is 0.347 e. The van der Waals surface area contributed by atoms with Crippen LogP contribution >= 0.6 is 15.9 Å². The molecule has 1 atom stereocenters. The molecule has 0 aromatic heterocycles. The Labute approximate surface area is 134 Å². The van der Waals surface area contributed by atoms with Crippen molar-refractivity contribution in [2.24, 2.45) is 0 Å². The van der Waals surface area contributed by atoms with Crippen LogP contribution in [0.1, 0.15) is 19.4 Å². The number of para-hydroxylation sites is 1. The molecule has 0 fully saturated rings. The van der Waals surface area contributed by atoms with Crippen LogP contribution in [0, 0.1) is 0 Å². The van der Waals surface area contributed by atoms with Crippen molar-refractivity contribution in [3.05, 3.63) is 28.2 Å². The van der Waals surface area contributed by atoms with Gasteiger partial charge in [0, 0.05) is 25.8 Å². The fraction of sp³-hybridized carbons (Fsp3) is 0.533. The SMILES string of the molecule is CCOC(=O)C(C)Oc1c(Br)cccc1CNCCOC. The van der Waals surface area contributed by atoms with Gasteiger partial charge >= 0.3 is 5.97 Å². The lowest BCUT2D eigenvalue weighted by atomic mass is 10.2. The summed E-state index contributed by atoms with van der Waals surface area (Å²) < 4.78 is 16.5. The zero-order chi connectivity index (χ0) is 15.7. The van der Waals surface area contributed by atoms with Crippen LogP contribution in [-0.2, 0) is 20.8 Å². The molecule has 118 valence electrons. The van der Waals surface area contributed by atoms with Crippen LogP contribution < -0.4 is 10.1 Å². The molecule has 1 aromatic rings. The number of nitrogens with one attached hydrogen (secondary N) is 1. The summed E-state index contributed by atoms with van der Waals surface area (Å²) in [5, 5.41) is 3.26. The molecule has 21 heavy (non-hydrogen) atoms. The summed E-state index contributed by atoms with van der Waals surface area (Å²) in [6, 6.07) is 5.77. The van der Waals surface area contributed by atoms with Gasteiger partial charge in [-0.3, -0.25) is 0 Å². The first kappa shape index (κ1) is 17.9. The number of rotatable bonds is 9. The first-order valence-electron chi connectivity index (χ1n) is 6.90.